The first-order valence-electron chi connectivity index (χ1n) is 13.1. The summed E-state index contributed by atoms with van der Waals surface area (Å²) in [4.78, 5) is 20.8. The Balaban J connectivity index is 1.12. The van der Waals surface area contributed by atoms with Crippen molar-refractivity contribution in [1.82, 2.24) is 0 Å². The maximum Gasteiger partial charge on any atom is 0.269 e. The molecule has 0 spiro atoms. The van der Waals surface area contributed by atoms with Crippen LogP contribution < -0.4 is 0 Å². The zero-order valence-corrected chi connectivity index (χ0v) is 21.4. The molecule has 4 aromatic carbocycles. The van der Waals surface area contributed by atoms with E-state index >= 15 is 0 Å². The number of nitro benzene ring substituents is 2. The minimum absolute atomic E-state index is 0.124. The van der Waals surface area contributed by atoms with E-state index < -0.39 is 0 Å². The Morgan fingerprint density at radius 1 is 0.395 bits per heavy atom. The van der Waals surface area contributed by atoms with Crippen LogP contribution in [0.15, 0.2) is 97.1 Å². The van der Waals surface area contributed by atoms with E-state index in [1.807, 2.05) is 24.3 Å². The van der Waals surface area contributed by atoms with E-state index in [2.05, 4.69) is 48.5 Å². The van der Waals surface area contributed by atoms with Gasteiger partial charge in [0.15, 0.2) is 0 Å². The fraction of sp³-hybridized carbons (Fsp3) is 0.250. The lowest BCUT2D eigenvalue weighted by atomic mass is 9.99. The third-order valence-corrected chi connectivity index (χ3v) is 6.84. The minimum atomic E-state index is -0.371. The Morgan fingerprint density at radius 3 is 0.947 bits per heavy atom. The molecule has 0 aromatic heterocycles. The van der Waals surface area contributed by atoms with Gasteiger partial charge >= 0.3 is 0 Å². The van der Waals surface area contributed by atoms with Crippen LogP contribution in [0.2, 0.25) is 0 Å². The maximum atomic E-state index is 10.8. The highest BCUT2D eigenvalue weighted by Crippen LogP contribution is 2.18. The second-order valence-electron chi connectivity index (χ2n) is 9.75. The fourth-order valence-corrected chi connectivity index (χ4v) is 4.60. The lowest BCUT2D eigenvalue weighted by molar-refractivity contribution is -0.385. The van der Waals surface area contributed by atoms with Crippen molar-refractivity contribution < 1.29 is 9.85 Å². The molecule has 0 unspecified atom stereocenters. The van der Waals surface area contributed by atoms with Crippen molar-refractivity contribution in [2.75, 3.05) is 0 Å². The molecule has 0 radical (unpaired) electrons. The predicted molar refractivity (Wildman–Crippen MR) is 151 cm³/mol. The lowest BCUT2D eigenvalue weighted by Gasteiger charge is -2.06. The molecule has 0 saturated heterocycles. The van der Waals surface area contributed by atoms with Gasteiger partial charge in [-0.15, -0.1) is 0 Å². The number of hydrogen-bond acceptors (Lipinski definition) is 4. The van der Waals surface area contributed by atoms with Gasteiger partial charge in [0.1, 0.15) is 0 Å². The highest BCUT2D eigenvalue weighted by Gasteiger charge is 2.06. The number of nitro groups is 2. The number of benzene rings is 4. The van der Waals surface area contributed by atoms with E-state index in [0.29, 0.717) is 0 Å². The number of nitrogens with zero attached hydrogens (tertiary/aromatic N) is 2. The fourth-order valence-electron chi connectivity index (χ4n) is 4.60. The van der Waals surface area contributed by atoms with Gasteiger partial charge in [0.05, 0.1) is 9.85 Å². The second-order valence-corrected chi connectivity index (χ2v) is 9.75. The number of rotatable bonds is 13. The number of hydrogen-bond donors (Lipinski definition) is 0. The van der Waals surface area contributed by atoms with Gasteiger partial charge in [-0.3, -0.25) is 20.2 Å². The smallest absolute Gasteiger partial charge is 0.258 e. The van der Waals surface area contributed by atoms with Crippen LogP contribution in [-0.4, -0.2) is 9.85 Å². The van der Waals surface area contributed by atoms with Crippen molar-refractivity contribution in [3.8, 4) is 0 Å². The Labute approximate surface area is 223 Å². The van der Waals surface area contributed by atoms with Gasteiger partial charge in [0.25, 0.3) is 11.4 Å². The van der Waals surface area contributed by atoms with Gasteiger partial charge in [-0.1, -0.05) is 85.6 Å². The molecule has 0 aliphatic rings. The zero-order valence-electron chi connectivity index (χ0n) is 21.4. The van der Waals surface area contributed by atoms with Crippen LogP contribution in [0, 0.1) is 20.2 Å². The molecule has 38 heavy (non-hydrogen) atoms. The van der Waals surface area contributed by atoms with Crippen molar-refractivity contribution in [3.05, 3.63) is 151 Å². The lowest BCUT2D eigenvalue weighted by Crippen LogP contribution is -1.93. The molecule has 4 aromatic rings. The van der Waals surface area contributed by atoms with Gasteiger partial charge in [-0.25, -0.2) is 0 Å². The first-order chi connectivity index (χ1) is 18.5. The van der Waals surface area contributed by atoms with Crippen LogP contribution in [-0.2, 0) is 25.7 Å². The number of aryl methyl sites for hydroxylation is 2. The molecule has 0 N–H and O–H groups in total. The molecule has 6 nitrogen and oxygen atoms in total. The molecule has 0 fully saturated rings. The number of unbranched alkanes of at least 4 members (excludes halogenated alkanes) is 3. The topological polar surface area (TPSA) is 86.3 Å². The predicted octanol–water partition coefficient (Wildman–Crippen LogP) is 8.03. The molecule has 0 heterocycles. The molecular formula is C32H32N2O4. The Hall–Kier alpha value is -4.32. The summed E-state index contributed by atoms with van der Waals surface area (Å²) >= 11 is 0. The van der Waals surface area contributed by atoms with Crippen LogP contribution in [0.1, 0.15) is 59.1 Å². The molecule has 0 aliphatic carbocycles. The molecule has 0 amide bonds. The summed E-state index contributed by atoms with van der Waals surface area (Å²) in [6.07, 6.45) is 8.48. The third kappa shape index (κ3) is 8.10. The van der Waals surface area contributed by atoms with Crippen LogP contribution in [0.3, 0.4) is 0 Å². The molecule has 0 aliphatic heterocycles. The summed E-state index contributed by atoms with van der Waals surface area (Å²) in [5.74, 6) is 0. The monoisotopic (exact) mass is 508 g/mol. The van der Waals surface area contributed by atoms with Gasteiger partial charge in [-0.05, 0) is 71.9 Å². The summed E-state index contributed by atoms with van der Waals surface area (Å²) in [5, 5.41) is 21.6. The van der Waals surface area contributed by atoms with Gasteiger partial charge in [-0.2, -0.15) is 0 Å². The van der Waals surface area contributed by atoms with E-state index in [-0.39, 0.29) is 21.2 Å². The summed E-state index contributed by atoms with van der Waals surface area (Å²) in [6.45, 7) is 0. The SMILES string of the molecule is O=[N+]([O-])c1ccc(Cc2ccc(CCCCCCc3ccc(Cc4ccc([N+](=O)[O-])cc4)cc3)cc2)cc1. The van der Waals surface area contributed by atoms with Gasteiger partial charge < -0.3 is 0 Å². The van der Waals surface area contributed by atoms with Crippen molar-refractivity contribution in [3.63, 3.8) is 0 Å². The summed E-state index contributed by atoms with van der Waals surface area (Å²) in [7, 11) is 0. The average molecular weight is 509 g/mol. The first-order valence-corrected chi connectivity index (χ1v) is 13.1. The van der Waals surface area contributed by atoms with Crippen molar-refractivity contribution in [1.29, 1.82) is 0 Å². The minimum Gasteiger partial charge on any atom is -0.258 e. The molecule has 194 valence electrons. The second kappa shape index (κ2) is 13.3. The third-order valence-electron chi connectivity index (χ3n) is 6.84. The van der Waals surface area contributed by atoms with Crippen LogP contribution in [0.4, 0.5) is 11.4 Å². The maximum absolute atomic E-state index is 10.8. The van der Waals surface area contributed by atoms with Crippen LogP contribution in [0.25, 0.3) is 0 Å². The van der Waals surface area contributed by atoms with E-state index in [0.717, 1.165) is 36.8 Å². The van der Waals surface area contributed by atoms with Crippen molar-refractivity contribution in [2.24, 2.45) is 0 Å². The summed E-state index contributed by atoms with van der Waals surface area (Å²) in [5.41, 5.74) is 7.51. The summed E-state index contributed by atoms with van der Waals surface area (Å²) < 4.78 is 0. The average Bonchev–Trinajstić information content (AvgIpc) is 2.93. The van der Waals surface area contributed by atoms with Crippen molar-refractivity contribution in [2.45, 2.75) is 51.4 Å². The van der Waals surface area contributed by atoms with Gasteiger partial charge in [0.2, 0.25) is 0 Å². The highest BCUT2D eigenvalue weighted by molar-refractivity contribution is 5.37. The van der Waals surface area contributed by atoms with E-state index in [1.54, 1.807) is 24.3 Å². The van der Waals surface area contributed by atoms with E-state index in [4.69, 9.17) is 0 Å². The molecule has 0 atom stereocenters. The number of non-ortho nitro benzene ring substituents is 2. The molecule has 0 bridgehead atoms. The Morgan fingerprint density at radius 2 is 0.658 bits per heavy atom. The Bertz CT molecular complexity index is 1220. The van der Waals surface area contributed by atoms with E-state index in [9.17, 15) is 20.2 Å². The normalized spacial score (nSPS) is 10.8. The first kappa shape index (κ1) is 26.7. The van der Waals surface area contributed by atoms with Crippen LogP contribution in [0.5, 0.6) is 0 Å². The standard InChI is InChI=1S/C32H32N2O4/c35-33(36)31-19-15-29(16-20-31)23-27-11-7-25(8-12-27)5-3-1-2-4-6-26-9-13-28(14-10-26)24-30-17-21-32(22-18-30)34(37)38/h7-22H,1-6,23-24H2. The quantitative estimate of drug-likeness (QED) is 0.104. The van der Waals surface area contributed by atoms with Crippen LogP contribution >= 0.6 is 0 Å². The van der Waals surface area contributed by atoms with E-state index in [1.165, 1.54) is 47.9 Å². The molecular weight excluding hydrogens is 476 g/mol. The highest BCUT2D eigenvalue weighted by atomic mass is 16.6. The Kier molecular flexibility index (Phi) is 9.35. The zero-order chi connectivity index (χ0) is 26.7. The van der Waals surface area contributed by atoms with Gasteiger partial charge in [0, 0.05) is 24.3 Å². The molecule has 6 heteroatoms. The van der Waals surface area contributed by atoms with Crippen molar-refractivity contribution >= 4 is 11.4 Å². The molecule has 0 saturated carbocycles. The summed E-state index contributed by atoms with van der Waals surface area (Å²) in [6, 6.07) is 30.9. The molecule has 4 rings (SSSR count). The largest absolute Gasteiger partial charge is 0.269 e.